The molecule has 0 fully saturated rings. The molecule has 4 nitrogen and oxygen atoms in total. The van der Waals surface area contributed by atoms with Crippen molar-refractivity contribution in [2.24, 2.45) is 0 Å². The van der Waals surface area contributed by atoms with E-state index >= 15 is 0 Å². The van der Waals surface area contributed by atoms with Gasteiger partial charge in [-0.25, -0.2) is 13.2 Å². The number of rotatable bonds is 5. The van der Waals surface area contributed by atoms with Gasteiger partial charge in [0, 0.05) is 15.2 Å². The molecule has 0 atom stereocenters. The summed E-state index contributed by atoms with van der Waals surface area (Å²) in [6.07, 6.45) is 0. The van der Waals surface area contributed by atoms with E-state index in [1.165, 1.54) is 11.8 Å². The highest BCUT2D eigenvalue weighted by atomic mass is 32.2. The van der Waals surface area contributed by atoms with E-state index in [9.17, 15) is 13.2 Å². The standard InChI is InChI=1S/C13H12O4S3/c1-2-20(16,17)12-6-4-3-5-10(12)19-9-7-11(13(14)15)18-8-9/h3-8H,2H2,1H3,(H,14,15). The number of aromatic carboxylic acids is 1. The van der Waals surface area contributed by atoms with Crippen LogP contribution in [0, 0.1) is 0 Å². The first-order valence-electron chi connectivity index (χ1n) is 5.75. The fourth-order valence-corrected chi connectivity index (χ4v) is 4.80. The Kier molecular flexibility index (Phi) is 4.52. The molecular formula is C13H12O4S3. The molecule has 0 amide bonds. The molecule has 106 valence electrons. The van der Waals surface area contributed by atoms with Crippen molar-refractivity contribution in [2.45, 2.75) is 21.6 Å². The number of carboxylic acids is 1. The van der Waals surface area contributed by atoms with E-state index < -0.39 is 15.8 Å². The first-order valence-corrected chi connectivity index (χ1v) is 9.10. The van der Waals surface area contributed by atoms with Crippen LogP contribution in [-0.2, 0) is 9.84 Å². The highest BCUT2D eigenvalue weighted by Gasteiger charge is 2.17. The van der Waals surface area contributed by atoms with Crippen molar-refractivity contribution in [3.63, 3.8) is 0 Å². The summed E-state index contributed by atoms with van der Waals surface area (Å²) in [5.41, 5.74) is 0. The Morgan fingerprint density at radius 2 is 2.05 bits per heavy atom. The number of hydrogen-bond acceptors (Lipinski definition) is 5. The van der Waals surface area contributed by atoms with Gasteiger partial charge in [0.05, 0.1) is 10.6 Å². The van der Waals surface area contributed by atoms with Crippen molar-refractivity contribution in [1.82, 2.24) is 0 Å². The summed E-state index contributed by atoms with van der Waals surface area (Å²) in [5.74, 6) is -0.939. The first-order chi connectivity index (χ1) is 9.44. The minimum Gasteiger partial charge on any atom is -0.477 e. The zero-order valence-electron chi connectivity index (χ0n) is 10.6. The topological polar surface area (TPSA) is 71.4 Å². The van der Waals surface area contributed by atoms with E-state index in [2.05, 4.69) is 0 Å². The molecule has 0 aliphatic heterocycles. The van der Waals surface area contributed by atoms with Gasteiger partial charge < -0.3 is 5.11 Å². The minimum absolute atomic E-state index is 0.0363. The Morgan fingerprint density at radius 1 is 1.35 bits per heavy atom. The third-order valence-electron chi connectivity index (χ3n) is 2.58. The van der Waals surface area contributed by atoms with Crippen LogP contribution in [0.3, 0.4) is 0 Å². The van der Waals surface area contributed by atoms with E-state index in [1.807, 2.05) is 0 Å². The van der Waals surface area contributed by atoms with Crippen LogP contribution in [0.15, 0.2) is 50.4 Å². The van der Waals surface area contributed by atoms with Crippen molar-refractivity contribution < 1.29 is 18.3 Å². The molecule has 1 aromatic heterocycles. The predicted molar refractivity (Wildman–Crippen MR) is 79.6 cm³/mol. The van der Waals surface area contributed by atoms with Crippen LogP contribution < -0.4 is 0 Å². The molecule has 7 heteroatoms. The molecule has 2 rings (SSSR count). The van der Waals surface area contributed by atoms with Gasteiger partial charge >= 0.3 is 5.97 Å². The SMILES string of the molecule is CCS(=O)(=O)c1ccccc1Sc1csc(C(=O)O)c1. The Labute approximate surface area is 125 Å². The van der Waals surface area contributed by atoms with Crippen LogP contribution in [0.2, 0.25) is 0 Å². The third-order valence-corrected chi connectivity index (χ3v) is 6.61. The van der Waals surface area contributed by atoms with Gasteiger partial charge in [0.15, 0.2) is 9.84 Å². The van der Waals surface area contributed by atoms with Crippen LogP contribution in [0.1, 0.15) is 16.6 Å². The summed E-state index contributed by atoms with van der Waals surface area (Å²) in [6.45, 7) is 1.60. The number of hydrogen-bond donors (Lipinski definition) is 1. The Balaban J connectivity index is 2.36. The van der Waals surface area contributed by atoms with Crippen LogP contribution in [0.5, 0.6) is 0 Å². The molecule has 0 unspecified atom stereocenters. The van der Waals surface area contributed by atoms with Gasteiger partial charge in [-0.3, -0.25) is 0 Å². The fourth-order valence-electron chi connectivity index (χ4n) is 1.56. The van der Waals surface area contributed by atoms with Crippen molar-refractivity contribution >= 4 is 38.9 Å². The average molecular weight is 328 g/mol. The van der Waals surface area contributed by atoms with Crippen molar-refractivity contribution in [1.29, 1.82) is 0 Å². The zero-order chi connectivity index (χ0) is 14.8. The maximum Gasteiger partial charge on any atom is 0.345 e. The van der Waals surface area contributed by atoms with Crippen LogP contribution in [-0.4, -0.2) is 25.2 Å². The van der Waals surface area contributed by atoms with Crippen LogP contribution in [0.4, 0.5) is 0 Å². The maximum absolute atomic E-state index is 12.0. The first kappa shape index (κ1) is 15.1. The molecule has 20 heavy (non-hydrogen) atoms. The predicted octanol–water partition coefficient (Wildman–Crippen LogP) is 3.39. The van der Waals surface area contributed by atoms with E-state index in [0.29, 0.717) is 4.90 Å². The molecule has 0 aliphatic rings. The second-order valence-corrected chi connectivity index (χ2v) is 8.18. The highest BCUT2D eigenvalue weighted by Crippen LogP contribution is 2.35. The van der Waals surface area contributed by atoms with Gasteiger partial charge in [-0.05, 0) is 18.2 Å². The minimum atomic E-state index is -3.29. The quantitative estimate of drug-likeness (QED) is 0.911. The second-order valence-electron chi connectivity index (χ2n) is 3.90. The third kappa shape index (κ3) is 3.23. The molecule has 0 bridgehead atoms. The number of thiophene rings is 1. The molecule has 0 aliphatic carbocycles. The molecule has 1 N–H and O–H groups in total. The summed E-state index contributed by atoms with van der Waals surface area (Å²) < 4.78 is 24.0. The van der Waals surface area contributed by atoms with Crippen molar-refractivity contribution in [2.75, 3.05) is 5.75 Å². The Bertz CT molecular complexity index is 732. The molecule has 0 radical (unpaired) electrons. The van der Waals surface area contributed by atoms with E-state index in [-0.39, 0.29) is 15.5 Å². The summed E-state index contributed by atoms with van der Waals surface area (Å²) >= 11 is 2.39. The highest BCUT2D eigenvalue weighted by molar-refractivity contribution is 8.00. The van der Waals surface area contributed by atoms with E-state index in [4.69, 9.17) is 5.11 Å². The lowest BCUT2D eigenvalue weighted by Gasteiger charge is -2.07. The second kappa shape index (κ2) is 5.99. The molecule has 0 spiro atoms. The lowest BCUT2D eigenvalue weighted by atomic mass is 10.4. The molecule has 0 saturated carbocycles. The normalized spacial score (nSPS) is 11.4. The molecule has 1 aromatic carbocycles. The monoisotopic (exact) mass is 328 g/mol. The van der Waals surface area contributed by atoms with E-state index in [0.717, 1.165) is 16.2 Å². The van der Waals surface area contributed by atoms with Crippen LogP contribution in [0.25, 0.3) is 0 Å². The molecule has 0 saturated heterocycles. The van der Waals surface area contributed by atoms with Gasteiger partial charge in [-0.15, -0.1) is 11.3 Å². The largest absolute Gasteiger partial charge is 0.477 e. The van der Waals surface area contributed by atoms with Gasteiger partial charge in [0.2, 0.25) is 0 Å². The average Bonchev–Trinajstić information content (AvgIpc) is 2.88. The number of carboxylic acid groups (broad SMARTS) is 1. The lowest BCUT2D eigenvalue weighted by Crippen LogP contribution is -2.04. The summed E-state index contributed by atoms with van der Waals surface area (Å²) in [6, 6.07) is 8.30. The van der Waals surface area contributed by atoms with E-state index in [1.54, 1.807) is 42.6 Å². The van der Waals surface area contributed by atoms with Gasteiger partial charge in [0.1, 0.15) is 4.88 Å². The Morgan fingerprint density at radius 3 is 2.65 bits per heavy atom. The van der Waals surface area contributed by atoms with Gasteiger partial charge in [-0.1, -0.05) is 30.8 Å². The lowest BCUT2D eigenvalue weighted by molar-refractivity contribution is 0.0702. The summed E-state index contributed by atoms with van der Waals surface area (Å²) in [7, 11) is -3.29. The molecular weight excluding hydrogens is 316 g/mol. The van der Waals surface area contributed by atoms with Crippen molar-refractivity contribution in [3.05, 3.63) is 40.6 Å². The number of benzene rings is 1. The van der Waals surface area contributed by atoms with Gasteiger partial charge in [-0.2, -0.15) is 0 Å². The zero-order valence-corrected chi connectivity index (χ0v) is 13.0. The van der Waals surface area contributed by atoms with Gasteiger partial charge in [0.25, 0.3) is 0 Å². The maximum atomic E-state index is 12.0. The summed E-state index contributed by atoms with van der Waals surface area (Å²) in [4.78, 5) is 12.7. The Hall–Kier alpha value is -1.31. The smallest absolute Gasteiger partial charge is 0.345 e. The molecule has 2 aromatic rings. The fraction of sp³-hybridized carbons (Fsp3) is 0.154. The van der Waals surface area contributed by atoms with Crippen molar-refractivity contribution in [3.8, 4) is 0 Å². The number of carbonyl (C=O) groups is 1. The summed E-state index contributed by atoms with van der Waals surface area (Å²) in [5, 5.41) is 10.6. The molecule has 1 heterocycles. The number of sulfone groups is 1. The van der Waals surface area contributed by atoms with Crippen LogP contribution >= 0.6 is 23.1 Å².